The van der Waals surface area contributed by atoms with Crippen molar-refractivity contribution in [3.8, 4) is 17.6 Å². The Balaban J connectivity index is 2.64. The molecule has 0 radical (unpaired) electrons. The maximum absolute atomic E-state index is 8.42. The van der Waals surface area contributed by atoms with Gasteiger partial charge in [-0.2, -0.15) is 5.26 Å². The smallest absolute Gasteiger partial charge is 0.142 e. The van der Waals surface area contributed by atoms with Crippen LogP contribution in [0.1, 0.15) is 12.8 Å². The predicted molar refractivity (Wildman–Crippen MR) is 62.9 cm³/mol. The van der Waals surface area contributed by atoms with E-state index in [2.05, 4.69) is 11.4 Å². The number of nitrogens with one attached hydrogen (secondary N) is 1. The van der Waals surface area contributed by atoms with Crippen molar-refractivity contribution in [3.05, 3.63) is 18.2 Å². The largest absolute Gasteiger partial charge is 0.497 e. The summed E-state index contributed by atoms with van der Waals surface area (Å²) in [7, 11) is 3.25. The molecule has 16 heavy (non-hydrogen) atoms. The van der Waals surface area contributed by atoms with Crippen LogP contribution in [0.5, 0.6) is 11.5 Å². The van der Waals surface area contributed by atoms with Crippen molar-refractivity contribution >= 4 is 5.69 Å². The topological polar surface area (TPSA) is 54.3 Å². The molecular weight excluding hydrogens is 204 g/mol. The van der Waals surface area contributed by atoms with Crippen LogP contribution >= 0.6 is 0 Å². The van der Waals surface area contributed by atoms with Crippen molar-refractivity contribution in [2.24, 2.45) is 0 Å². The van der Waals surface area contributed by atoms with E-state index in [-0.39, 0.29) is 0 Å². The summed E-state index contributed by atoms with van der Waals surface area (Å²) in [4.78, 5) is 0. The Bertz CT molecular complexity index is 372. The molecule has 0 spiro atoms. The normalized spacial score (nSPS) is 9.31. The molecule has 0 bridgehead atoms. The SMILES string of the molecule is COc1ccc(OC)c(NCCCC#N)c1. The Morgan fingerprint density at radius 1 is 1.31 bits per heavy atom. The molecule has 1 aromatic carbocycles. The molecule has 0 atom stereocenters. The second-order valence-corrected chi connectivity index (χ2v) is 3.25. The summed E-state index contributed by atoms with van der Waals surface area (Å²) in [5.41, 5.74) is 0.889. The Kier molecular flexibility index (Phi) is 5.00. The second-order valence-electron chi connectivity index (χ2n) is 3.25. The summed E-state index contributed by atoms with van der Waals surface area (Å²) in [6.45, 7) is 0.747. The number of methoxy groups -OCH3 is 2. The maximum atomic E-state index is 8.42. The molecule has 0 heterocycles. The zero-order chi connectivity index (χ0) is 11.8. The van der Waals surface area contributed by atoms with Crippen molar-refractivity contribution in [1.82, 2.24) is 0 Å². The summed E-state index contributed by atoms with van der Waals surface area (Å²) in [6.07, 6.45) is 1.37. The van der Waals surface area contributed by atoms with Gasteiger partial charge in [0.25, 0.3) is 0 Å². The fraction of sp³-hybridized carbons (Fsp3) is 0.417. The van der Waals surface area contributed by atoms with Crippen LogP contribution < -0.4 is 14.8 Å². The van der Waals surface area contributed by atoms with Gasteiger partial charge in [-0.05, 0) is 18.6 Å². The third-order valence-corrected chi connectivity index (χ3v) is 2.19. The highest BCUT2D eigenvalue weighted by molar-refractivity contribution is 5.59. The summed E-state index contributed by atoms with van der Waals surface area (Å²) in [6, 6.07) is 7.69. The van der Waals surface area contributed by atoms with E-state index in [1.807, 2.05) is 18.2 Å². The minimum atomic E-state index is 0.555. The highest BCUT2D eigenvalue weighted by Gasteiger charge is 2.03. The van der Waals surface area contributed by atoms with E-state index >= 15 is 0 Å². The summed E-state index contributed by atoms with van der Waals surface area (Å²) in [5.74, 6) is 1.56. The van der Waals surface area contributed by atoms with Crippen molar-refractivity contribution in [3.63, 3.8) is 0 Å². The summed E-state index contributed by atoms with van der Waals surface area (Å²) >= 11 is 0. The first-order valence-electron chi connectivity index (χ1n) is 5.14. The second kappa shape index (κ2) is 6.57. The Labute approximate surface area is 95.8 Å². The fourth-order valence-corrected chi connectivity index (χ4v) is 1.34. The molecule has 0 aliphatic carbocycles. The quantitative estimate of drug-likeness (QED) is 0.748. The molecule has 0 saturated heterocycles. The monoisotopic (exact) mass is 220 g/mol. The first-order chi connectivity index (χ1) is 7.81. The molecule has 1 N–H and O–H groups in total. The molecule has 0 amide bonds. The molecule has 1 aromatic rings. The zero-order valence-corrected chi connectivity index (χ0v) is 9.62. The Morgan fingerprint density at radius 2 is 2.12 bits per heavy atom. The number of ether oxygens (including phenoxy) is 2. The van der Waals surface area contributed by atoms with Crippen LogP contribution in [0.4, 0.5) is 5.69 Å². The van der Waals surface area contributed by atoms with Gasteiger partial charge in [-0.1, -0.05) is 0 Å². The number of hydrogen-bond donors (Lipinski definition) is 1. The summed E-state index contributed by atoms with van der Waals surface area (Å²) < 4.78 is 10.4. The van der Waals surface area contributed by atoms with Gasteiger partial charge in [0.2, 0.25) is 0 Å². The predicted octanol–water partition coefficient (Wildman–Crippen LogP) is 2.42. The average molecular weight is 220 g/mol. The van der Waals surface area contributed by atoms with Gasteiger partial charge in [-0.3, -0.25) is 0 Å². The summed E-state index contributed by atoms with van der Waals surface area (Å²) in [5, 5.41) is 11.6. The van der Waals surface area contributed by atoms with Gasteiger partial charge in [0.05, 0.1) is 26.0 Å². The third-order valence-electron chi connectivity index (χ3n) is 2.19. The van der Waals surface area contributed by atoms with E-state index in [1.165, 1.54) is 0 Å². The number of hydrogen-bond acceptors (Lipinski definition) is 4. The molecular formula is C12H16N2O2. The highest BCUT2D eigenvalue weighted by atomic mass is 16.5. The molecule has 0 fully saturated rings. The third kappa shape index (κ3) is 3.35. The van der Waals surface area contributed by atoms with E-state index < -0.39 is 0 Å². The van der Waals surface area contributed by atoms with Crippen LogP contribution in [0.25, 0.3) is 0 Å². The van der Waals surface area contributed by atoms with Crippen molar-refractivity contribution < 1.29 is 9.47 Å². The highest BCUT2D eigenvalue weighted by Crippen LogP contribution is 2.28. The van der Waals surface area contributed by atoms with Gasteiger partial charge in [0, 0.05) is 19.0 Å². The van der Waals surface area contributed by atoms with E-state index in [4.69, 9.17) is 14.7 Å². The number of benzene rings is 1. The van der Waals surface area contributed by atoms with Crippen LogP contribution in [0.15, 0.2) is 18.2 Å². The Morgan fingerprint density at radius 3 is 2.75 bits per heavy atom. The van der Waals surface area contributed by atoms with E-state index in [9.17, 15) is 0 Å². The first kappa shape index (κ1) is 12.2. The zero-order valence-electron chi connectivity index (χ0n) is 9.62. The van der Waals surface area contributed by atoms with Crippen LogP contribution in [0, 0.1) is 11.3 Å². The molecule has 1 rings (SSSR count). The van der Waals surface area contributed by atoms with Gasteiger partial charge in [-0.15, -0.1) is 0 Å². The van der Waals surface area contributed by atoms with Crippen molar-refractivity contribution in [2.45, 2.75) is 12.8 Å². The lowest BCUT2D eigenvalue weighted by molar-refractivity contribution is 0.404. The number of rotatable bonds is 6. The van der Waals surface area contributed by atoms with Crippen LogP contribution in [0.2, 0.25) is 0 Å². The average Bonchev–Trinajstić information content (AvgIpc) is 2.34. The van der Waals surface area contributed by atoms with Crippen molar-refractivity contribution in [2.75, 3.05) is 26.1 Å². The van der Waals surface area contributed by atoms with Gasteiger partial charge in [0.15, 0.2) is 0 Å². The van der Waals surface area contributed by atoms with Gasteiger partial charge in [0.1, 0.15) is 11.5 Å². The minimum absolute atomic E-state index is 0.555. The van der Waals surface area contributed by atoms with Crippen LogP contribution in [0.3, 0.4) is 0 Å². The molecule has 0 aliphatic rings. The lowest BCUT2D eigenvalue weighted by atomic mass is 10.2. The number of anilines is 1. The molecule has 0 aliphatic heterocycles. The minimum Gasteiger partial charge on any atom is -0.497 e. The lowest BCUT2D eigenvalue weighted by Gasteiger charge is -2.11. The first-order valence-corrected chi connectivity index (χ1v) is 5.14. The number of nitriles is 1. The molecule has 4 nitrogen and oxygen atoms in total. The van der Waals surface area contributed by atoms with E-state index in [0.717, 1.165) is 30.2 Å². The molecule has 0 unspecified atom stereocenters. The molecule has 0 aromatic heterocycles. The van der Waals surface area contributed by atoms with Crippen LogP contribution in [-0.2, 0) is 0 Å². The van der Waals surface area contributed by atoms with Gasteiger partial charge < -0.3 is 14.8 Å². The van der Waals surface area contributed by atoms with Crippen molar-refractivity contribution in [1.29, 1.82) is 5.26 Å². The maximum Gasteiger partial charge on any atom is 0.142 e. The van der Waals surface area contributed by atoms with Gasteiger partial charge >= 0.3 is 0 Å². The number of nitrogens with zero attached hydrogens (tertiary/aromatic N) is 1. The van der Waals surface area contributed by atoms with Gasteiger partial charge in [-0.25, -0.2) is 0 Å². The number of unbranched alkanes of at least 4 members (excludes halogenated alkanes) is 1. The lowest BCUT2D eigenvalue weighted by Crippen LogP contribution is -2.03. The Hall–Kier alpha value is -1.89. The molecule has 86 valence electrons. The van der Waals surface area contributed by atoms with E-state index in [0.29, 0.717) is 6.42 Å². The van der Waals surface area contributed by atoms with Crippen LogP contribution in [-0.4, -0.2) is 20.8 Å². The molecule has 0 saturated carbocycles. The van der Waals surface area contributed by atoms with E-state index in [1.54, 1.807) is 14.2 Å². The fourth-order valence-electron chi connectivity index (χ4n) is 1.34. The standard InChI is InChI=1S/C12H16N2O2/c1-15-10-5-6-12(16-2)11(9-10)14-8-4-3-7-13/h5-6,9,14H,3-4,8H2,1-2H3. The molecule has 4 heteroatoms.